The van der Waals surface area contributed by atoms with Gasteiger partial charge in [0, 0.05) is 30.1 Å². The third kappa shape index (κ3) is 4.67. The second-order valence-corrected chi connectivity index (χ2v) is 5.11. The summed E-state index contributed by atoms with van der Waals surface area (Å²) in [5.74, 6) is -0.0472. The summed E-state index contributed by atoms with van der Waals surface area (Å²) in [4.78, 5) is 19.8. The van der Waals surface area contributed by atoms with E-state index in [1.54, 1.807) is 42.7 Å². The molecule has 0 aliphatic rings. The first-order valence-corrected chi connectivity index (χ1v) is 7.53. The van der Waals surface area contributed by atoms with Crippen LogP contribution in [0, 0.1) is 5.82 Å². The van der Waals surface area contributed by atoms with Crippen LogP contribution in [-0.4, -0.2) is 27.6 Å². The van der Waals surface area contributed by atoms with Crippen molar-refractivity contribution in [1.29, 1.82) is 0 Å². The summed E-state index contributed by atoms with van der Waals surface area (Å²) >= 11 is 0. The number of carbonyl (C=O) groups excluding carboxylic acids is 1. The Balaban J connectivity index is 1.43. The van der Waals surface area contributed by atoms with Crippen molar-refractivity contribution in [1.82, 2.24) is 20.4 Å². The highest BCUT2D eigenvalue weighted by Crippen LogP contribution is 2.14. The van der Waals surface area contributed by atoms with Crippen LogP contribution in [0.2, 0.25) is 0 Å². The lowest BCUT2D eigenvalue weighted by Crippen LogP contribution is -2.27. The van der Waals surface area contributed by atoms with E-state index < -0.39 is 0 Å². The van der Waals surface area contributed by atoms with Gasteiger partial charge in [-0.3, -0.25) is 9.78 Å². The first kappa shape index (κ1) is 16.7. The Labute approximate surface area is 142 Å². The zero-order valence-electron chi connectivity index (χ0n) is 13.2. The molecular formula is C17H15FN4O3. The highest BCUT2D eigenvalue weighted by molar-refractivity contribution is 5.77. The first-order valence-electron chi connectivity index (χ1n) is 7.53. The van der Waals surface area contributed by atoms with E-state index in [0.717, 1.165) is 5.56 Å². The summed E-state index contributed by atoms with van der Waals surface area (Å²) in [6.07, 6.45) is 3.25. The van der Waals surface area contributed by atoms with Gasteiger partial charge in [0.1, 0.15) is 19.0 Å². The average Bonchev–Trinajstić information content (AvgIpc) is 3.11. The molecule has 1 N–H and O–H groups in total. The lowest BCUT2D eigenvalue weighted by Gasteiger charge is -2.06. The Kier molecular flexibility index (Phi) is 5.43. The van der Waals surface area contributed by atoms with E-state index in [0.29, 0.717) is 11.4 Å². The third-order valence-corrected chi connectivity index (χ3v) is 3.30. The summed E-state index contributed by atoms with van der Waals surface area (Å²) in [6.45, 7) is -0.0890. The number of ether oxygens (including phenoxy) is 1. The van der Waals surface area contributed by atoms with Crippen LogP contribution in [0.25, 0.3) is 11.4 Å². The molecule has 0 fully saturated rings. The molecule has 0 bridgehead atoms. The number of hydrogen-bond donors (Lipinski definition) is 1. The normalized spacial score (nSPS) is 10.6. The van der Waals surface area contributed by atoms with Gasteiger partial charge < -0.3 is 14.6 Å². The van der Waals surface area contributed by atoms with Crippen LogP contribution in [0.5, 0.6) is 0 Å². The Morgan fingerprint density at radius 3 is 2.80 bits per heavy atom. The van der Waals surface area contributed by atoms with Crippen LogP contribution >= 0.6 is 0 Å². The molecule has 0 aliphatic heterocycles. The zero-order valence-corrected chi connectivity index (χ0v) is 13.2. The SMILES string of the molecule is O=C(COCc1nc(-c2ccncc2)no1)NCc1ccccc1F. The van der Waals surface area contributed by atoms with Gasteiger partial charge in [0.25, 0.3) is 5.89 Å². The Hall–Kier alpha value is -3.13. The van der Waals surface area contributed by atoms with Gasteiger partial charge in [0.15, 0.2) is 0 Å². The molecule has 0 aliphatic carbocycles. The molecule has 3 aromatic rings. The van der Waals surface area contributed by atoms with Crippen molar-refractivity contribution in [2.75, 3.05) is 6.61 Å². The minimum atomic E-state index is -0.364. The molecule has 8 heteroatoms. The maximum absolute atomic E-state index is 13.4. The van der Waals surface area contributed by atoms with Crippen LogP contribution < -0.4 is 5.32 Å². The molecule has 7 nitrogen and oxygen atoms in total. The van der Waals surface area contributed by atoms with Crippen molar-refractivity contribution in [3.63, 3.8) is 0 Å². The van der Waals surface area contributed by atoms with E-state index in [1.807, 2.05) is 0 Å². The molecule has 0 radical (unpaired) electrons. The Bertz CT molecular complexity index is 839. The highest BCUT2D eigenvalue weighted by Gasteiger charge is 2.10. The average molecular weight is 342 g/mol. The minimum absolute atomic E-state index is 0.00516. The van der Waals surface area contributed by atoms with Gasteiger partial charge in [-0.25, -0.2) is 4.39 Å². The van der Waals surface area contributed by atoms with Crippen LogP contribution in [0.4, 0.5) is 4.39 Å². The fourth-order valence-corrected chi connectivity index (χ4v) is 2.05. The second kappa shape index (κ2) is 8.11. The number of hydrogen-bond acceptors (Lipinski definition) is 6. The predicted octanol–water partition coefficient (Wildman–Crippen LogP) is 2.10. The number of nitrogens with one attached hydrogen (secondary N) is 1. The van der Waals surface area contributed by atoms with E-state index >= 15 is 0 Å². The van der Waals surface area contributed by atoms with Gasteiger partial charge in [-0.2, -0.15) is 4.98 Å². The van der Waals surface area contributed by atoms with Crippen LogP contribution in [0.15, 0.2) is 53.3 Å². The van der Waals surface area contributed by atoms with Crippen LogP contribution in [0.3, 0.4) is 0 Å². The van der Waals surface area contributed by atoms with E-state index in [4.69, 9.17) is 9.26 Å². The number of halogens is 1. The molecule has 0 spiro atoms. The molecule has 0 saturated heterocycles. The molecule has 0 saturated carbocycles. The summed E-state index contributed by atoms with van der Waals surface area (Å²) in [5, 5.41) is 6.41. The Morgan fingerprint density at radius 2 is 2.00 bits per heavy atom. The van der Waals surface area contributed by atoms with Gasteiger partial charge in [-0.15, -0.1) is 0 Å². The number of amides is 1. The fraction of sp³-hybridized carbons (Fsp3) is 0.176. The minimum Gasteiger partial charge on any atom is -0.362 e. The number of carbonyl (C=O) groups is 1. The van der Waals surface area contributed by atoms with E-state index in [1.165, 1.54) is 6.07 Å². The molecular weight excluding hydrogens is 327 g/mol. The molecule has 128 valence electrons. The van der Waals surface area contributed by atoms with Gasteiger partial charge in [-0.05, 0) is 18.2 Å². The van der Waals surface area contributed by atoms with Gasteiger partial charge in [0.05, 0.1) is 0 Å². The van der Waals surface area contributed by atoms with E-state index in [2.05, 4.69) is 20.4 Å². The van der Waals surface area contributed by atoms with Crippen molar-refractivity contribution >= 4 is 5.91 Å². The van der Waals surface area contributed by atoms with Crippen LogP contribution in [-0.2, 0) is 22.7 Å². The lowest BCUT2D eigenvalue weighted by atomic mass is 10.2. The molecule has 1 aromatic carbocycles. The lowest BCUT2D eigenvalue weighted by molar-refractivity contribution is -0.126. The number of rotatable bonds is 7. The zero-order chi connectivity index (χ0) is 17.5. The molecule has 2 aromatic heterocycles. The number of pyridine rings is 1. The summed E-state index contributed by atoms with van der Waals surface area (Å²) in [5.41, 5.74) is 1.18. The van der Waals surface area contributed by atoms with Crippen molar-refractivity contribution in [3.8, 4) is 11.4 Å². The van der Waals surface area contributed by atoms with Crippen LogP contribution in [0.1, 0.15) is 11.5 Å². The first-order chi connectivity index (χ1) is 12.2. The van der Waals surface area contributed by atoms with Crippen molar-refractivity contribution in [2.24, 2.45) is 0 Å². The quantitative estimate of drug-likeness (QED) is 0.707. The standard InChI is InChI=1S/C17H15FN4O3/c18-14-4-2-1-3-13(14)9-20-15(23)10-24-11-16-21-17(22-25-16)12-5-7-19-8-6-12/h1-8H,9-11H2,(H,20,23). The molecule has 2 heterocycles. The van der Waals surface area contributed by atoms with E-state index in [9.17, 15) is 9.18 Å². The largest absolute Gasteiger partial charge is 0.362 e. The summed E-state index contributed by atoms with van der Waals surface area (Å²) < 4.78 is 23.7. The fourth-order valence-electron chi connectivity index (χ4n) is 2.05. The highest BCUT2D eigenvalue weighted by atomic mass is 19.1. The van der Waals surface area contributed by atoms with E-state index in [-0.39, 0.29) is 37.4 Å². The maximum Gasteiger partial charge on any atom is 0.252 e. The molecule has 1 amide bonds. The Morgan fingerprint density at radius 1 is 1.20 bits per heavy atom. The monoisotopic (exact) mass is 342 g/mol. The predicted molar refractivity (Wildman–Crippen MR) is 85.4 cm³/mol. The smallest absolute Gasteiger partial charge is 0.252 e. The van der Waals surface area contributed by atoms with Gasteiger partial charge in [0.2, 0.25) is 11.7 Å². The summed E-state index contributed by atoms with van der Waals surface area (Å²) in [6, 6.07) is 9.76. The molecule has 0 atom stereocenters. The second-order valence-electron chi connectivity index (χ2n) is 5.11. The summed E-state index contributed by atoms with van der Waals surface area (Å²) in [7, 11) is 0. The number of benzene rings is 1. The topological polar surface area (TPSA) is 90.1 Å². The van der Waals surface area contributed by atoms with Crippen molar-refractivity contribution in [2.45, 2.75) is 13.2 Å². The maximum atomic E-state index is 13.4. The number of aromatic nitrogens is 3. The van der Waals surface area contributed by atoms with Crippen molar-refractivity contribution in [3.05, 3.63) is 66.1 Å². The van der Waals surface area contributed by atoms with Gasteiger partial charge >= 0.3 is 0 Å². The molecule has 3 rings (SSSR count). The third-order valence-electron chi connectivity index (χ3n) is 3.30. The molecule has 0 unspecified atom stereocenters. The van der Waals surface area contributed by atoms with Gasteiger partial charge in [-0.1, -0.05) is 23.4 Å². The van der Waals surface area contributed by atoms with Crippen molar-refractivity contribution < 1.29 is 18.4 Å². The number of nitrogens with zero attached hydrogens (tertiary/aromatic N) is 3. The molecule has 25 heavy (non-hydrogen) atoms.